The Balaban J connectivity index is 1.48. The maximum atomic E-state index is 13.3. The van der Waals surface area contributed by atoms with Crippen molar-refractivity contribution in [3.63, 3.8) is 0 Å². The average molecular weight is 475 g/mol. The van der Waals surface area contributed by atoms with E-state index in [2.05, 4.69) is 26.8 Å². The van der Waals surface area contributed by atoms with Crippen LogP contribution in [0.3, 0.4) is 0 Å². The Labute approximate surface area is 207 Å². The van der Waals surface area contributed by atoms with Gasteiger partial charge in [0.2, 0.25) is 0 Å². The molecule has 0 amide bonds. The second kappa shape index (κ2) is 9.30. The number of rotatable bonds is 8. The molecule has 4 aliphatic carbocycles. The number of hydrogen-bond donors (Lipinski definition) is 3. The van der Waals surface area contributed by atoms with Crippen molar-refractivity contribution in [2.75, 3.05) is 0 Å². The summed E-state index contributed by atoms with van der Waals surface area (Å²) in [6.45, 7) is 10.5. The average Bonchev–Trinajstić information content (AvgIpc) is 3.14. The Morgan fingerprint density at radius 1 is 1.06 bits per heavy atom. The van der Waals surface area contributed by atoms with E-state index in [0.717, 1.165) is 64.2 Å². The van der Waals surface area contributed by atoms with E-state index in [1.807, 2.05) is 6.92 Å². The largest absolute Gasteiger partial charge is 0.393 e. The van der Waals surface area contributed by atoms with Gasteiger partial charge in [-0.15, -0.1) is 0 Å². The van der Waals surface area contributed by atoms with Gasteiger partial charge in [-0.3, -0.25) is 4.79 Å². The molecule has 0 aromatic carbocycles. The maximum Gasteiger partial charge on any atom is 0.164 e. The second-order valence-electron chi connectivity index (χ2n) is 13.5. The molecular formula is C30H50O4. The number of unbranched alkanes of at least 4 members (excludes halogenated alkanes) is 1. The van der Waals surface area contributed by atoms with Crippen molar-refractivity contribution in [3.05, 3.63) is 11.6 Å². The summed E-state index contributed by atoms with van der Waals surface area (Å²) in [5.41, 5.74) is -0.476. The zero-order chi connectivity index (χ0) is 24.9. The molecule has 0 aliphatic heterocycles. The highest BCUT2D eigenvalue weighted by atomic mass is 16.3. The molecule has 194 valence electrons. The molecule has 0 bridgehead atoms. The molecule has 0 spiro atoms. The molecule has 34 heavy (non-hydrogen) atoms. The third-order valence-corrected chi connectivity index (χ3v) is 11.3. The monoisotopic (exact) mass is 474 g/mol. The molecule has 3 fully saturated rings. The number of Topliss-reactive ketones (excluding diaryl/α,β-unsaturated/α-hetero) is 1. The van der Waals surface area contributed by atoms with Crippen LogP contribution in [0.5, 0.6) is 0 Å². The van der Waals surface area contributed by atoms with Crippen LogP contribution in [-0.4, -0.2) is 38.4 Å². The summed E-state index contributed by atoms with van der Waals surface area (Å²) in [5, 5.41) is 32.6. The Bertz CT molecular complexity index is 798. The summed E-state index contributed by atoms with van der Waals surface area (Å²) in [6, 6.07) is 0. The molecule has 3 saturated carbocycles. The number of carbonyl (C=O) groups excluding carboxylic acids is 1. The van der Waals surface area contributed by atoms with Crippen molar-refractivity contribution >= 4 is 5.78 Å². The second-order valence-corrected chi connectivity index (χ2v) is 13.5. The van der Waals surface area contributed by atoms with E-state index in [1.54, 1.807) is 6.92 Å². The Morgan fingerprint density at radius 2 is 1.79 bits per heavy atom. The van der Waals surface area contributed by atoms with Crippen molar-refractivity contribution in [1.29, 1.82) is 0 Å². The minimum absolute atomic E-state index is 0.00889. The molecule has 0 radical (unpaired) electrons. The molecular weight excluding hydrogens is 424 g/mol. The van der Waals surface area contributed by atoms with Crippen LogP contribution < -0.4 is 0 Å². The van der Waals surface area contributed by atoms with Gasteiger partial charge in [0.05, 0.1) is 11.7 Å². The van der Waals surface area contributed by atoms with E-state index in [-0.39, 0.29) is 35.1 Å². The van der Waals surface area contributed by atoms with Crippen LogP contribution in [0.15, 0.2) is 11.6 Å². The van der Waals surface area contributed by atoms with Crippen LogP contribution in [0.1, 0.15) is 118 Å². The maximum absolute atomic E-state index is 13.3. The lowest BCUT2D eigenvalue weighted by molar-refractivity contribution is -0.152. The van der Waals surface area contributed by atoms with Crippen LogP contribution in [0, 0.1) is 34.5 Å². The van der Waals surface area contributed by atoms with Gasteiger partial charge in [-0.05, 0) is 107 Å². The molecule has 0 aromatic rings. The van der Waals surface area contributed by atoms with Crippen molar-refractivity contribution in [1.82, 2.24) is 0 Å². The van der Waals surface area contributed by atoms with Gasteiger partial charge >= 0.3 is 0 Å². The molecule has 0 heterocycles. The molecule has 9 atom stereocenters. The molecule has 0 saturated heterocycles. The minimum atomic E-state index is -1.33. The molecule has 0 aromatic heterocycles. The smallest absolute Gasteiger partial charge is 0.164 e. The van der Waals surface area contributed by atoms with Gasteiger partial charge in [0, 0.05) is 12.3 Å². The highest BCUT2D eigenvalue weighted by Crippen LogP contribution is 2.67. The van der Waals surface area contributed by atoms with Crippen molar-refractivity contribution in [2.24, 2.45) is 34.5 Å². The molecule has 3 N–H and O–H groups in total. The normalized spacial score (nSPS) is 43.1. The number of allylic oxidation sites excluding steroid dienone is 1. The molecule has 1 unspecified atom stereocenters. The third kappa shape index (κ3) is 4.45. The zero-order valence-corrected chi connectivity index (χ0v) is 22.4. The zero-order valence-electron chi connectivity index (χ0n) is 22.4. The standard InChI is InChI=1S/C30H50O4/c1-6-7-15-27(2,33)16-14-26(32)30(5,34)25-11-10-23-22-9-8-20-19-21(31)12-17-28(20,3)24(22)13-18-29(23,25)4/h8,21-25,31,33-34H,6-7,9-19H2,1-5H3/t21-,22-,23-,24-,25-,27?,28-,29-,30+/m0/s1. The van der Waals surface area contributed by atoms with E-state index >= 15 is 0 Å². The van der Waals surface area contributed by atoms with E-state index < -0.39 is 11.2 Å². The topological polar surface area (TPSA) is 77.8 Å². The lowest BCUT2D eigenvalue weighted by Crippen LogP contribution is -2.54. The summed E-state index contributed by atoms with van der Waals surface area (Å²) in [5.74, 6) is 1.73. The summed E-state index contributed by atoms with van der Waals surface area (Å²) in [6.07, 6.45) is 13.8. The summed E-state index contributed by atoms with van der Waals surface area (Å²) >= 11 is 0. The Morgan fingerprint density at radius 3 is 2.50 bits per heavy atom. The van der Waals surface area contributed by atoms with Crippen LogP contribution in [0.4, 0.5) is 0 Å². The highest BCUT2D eigenvalue weighted by Gasteiger charge is 2.62. The minimum Gasteiger partial charge on any atom is -0.393 e. The fourth-order valence-corrected chi connectivity index (χ4v) is 9.08. The molecule has 4 heteroatoms. The van der Waals surface area contributed by atoms with E-state index in [0.29, 0.717) is 30.6 Å². The number of aliphatic hydroxyl groups excluding tert-OH is 1. The van der Waals surface area contributed by atoms with Crippen LogP contribution in [0.2, 0.25) is 0 Å². The third-order valence-electron chi connectivity index (χ3n) is 11.3. The van der Waals surface area contributed by atoms with Gasteiger partial charge in [0.15, 0.2) is 5.78 Å². The number of ketones is 1. The van der Waals surface area contributed by atoms with Crippen LogP contribution >= 0.6 is 0 Å². The number of carbonyl (C=O) groups is 1. The molecule has 4 nitrogen and oxygen atoms in total. The first-order valence-electron chi connectivity index (χ1n) is 14.2. The quantitative estimate of drug-likeness (QED) is 0.379. The fourth-order valence-electron chi connectivity index (χ4n) is 9.08. The van der Waals surface area contributed by atoms with Gasteiger partial charge in [0.1, 0.15) is 5.60 Å². The highest BCUT2D eigenvalue weighted by molar-refractivity contribution is 5.87. The van der Waals surface area contributed by atoms with E-state index in [9.17, 15) is 20.1 Å². The first-order chi connectivity index (χ1) is 15.8. The predicted molar refractivity (Wildman–Crippen MR) is 136 cm³/mol. The number of hydrogen-bond acceptors (Lipinski definition) is 4. The summed E-state index contributed by atoms with van der Waals surface area (Å²) < 4.78 is 0. The SMILES string of the molecule is CCCCC(C)(O)CCC(=O)[C@](C)(O)[C@H]1CC[C@H]2[C@@H]3CC=C4C[C@@H](O)CC[C@]4(C)[C@H]3CC[C@@]21C. The molecule has 4 aliphatic rings. The van der Waals surface area contributed by atoms with E-state index in [1.165, 1.54) is 5.57 Å². The lowest BCUT2D eigenvalue weighted by Gasteiger charge is -2.58. The van der Waals surface area contributed by atoms with Gasteiger partial charge < -0.3 is 15.3 Å². The summed E-state index contributed by atoms with van der Waals surface area (Å²) in [7, 11) is 0. The summed E-state index contributed by atoms with van der Waals surface area (Å²) in [4.78, 5) is 13.3. The lowest BCUT2D eigenvalue weighted by atomic mass is 9.46. The first kappa shape index (κ1) is 26.4. The van der Waals surface area contributed by atoms with Crippen molar-refractivity contribution < 1.29 is 20.1 Å². The van der Waals surface area contributed by atoms with Gasteiger partial charge in [-0.25, -0.2) is 0 Å². The Kier molecular flexibility index (Phi) is 7.21. The van der Waals surface area contributed by atoms with Gasteiger partial charge in [-0.1, -0.05) is 45.3 Å². The fraction of sp³-hybridized carbons (Fsp3) is 0.900. The first-order valence-corrected chi connectivity index (χ1v) is 14.2. The number of fused-ring (bicyclic) bond motifs is 5. The van der Waals surface area contributed by atoms with Crippen LogP contribution in [0.25, 0.3) is 0 Å². The van der Waals surface area contributed by atoms with Crippen molar-refractivity contribution in [3.8, 4) is 0 Å². The predicted octanol–water partition coefficient (Wildman–Crippen LogP) is 5.97. The Hall–Kier alpha value is -0.710. The van der Waals surface area contributed by atoms with Gasteiger partial charge in [-0.2, -0.15) is 0 Å². The number of aliphatic hydroxyl groups is 3. The van der Waals surface area contributed by atoms with Crippen molar-refractivity contribution in [2.45, 2.75) is 135 Å². The van der Waals surface area contributed by atoms with Crippen LogP contribution in [-0.2, 0) is 4.79 Å². The van der Waals surface area contributed by atoms with Gasteiger partial charge in [0.25, 0.3) is 0 Å². The van der Waals surface area contributed by atoms with E-state index in [4.69, 9.17) is 0 Å². The molecule has 4 rings (SSSR count).